The summed E-state index contributed by atoms with van der Waals surface area (Å²) in [5, 5.41) is 13.2. The van der Waals surface area contributed by atoms with Crippen LogP contribution in [0, 0.1) is 5.92 Å². The van der Waals surface area contributed by atoms with Crippen molar-refractivity contribution in [3.63, 3.8) is 0 Å². The van der Waals surface area contributed by atoms with Crippen molar-refractivity contribution in [3.05, 3.63) is 42.5 Å². The van der Waals surface area contributed by atoms with Crippen molar-refractivity contribution in [1.82, 2.24) is 19.7 Å². The highest BCUT2D eigenvalue weighted by Crippen LogP contribution is 2.19. The highest BCUT2D eigenvalue weighted by atomic mass is 16.4. The molecule has 1 saturated heterocycles. The van der Waals surface area contributed by atoms with Crippen LogP contribution >= 0.6 is 0 Å². The molecule has 0 bridgehead atoms. The van der Waals surface area contributed by atoms with E-state index in [1.165, 1.54) is 6.33 Å². The van der Waals surface area contributed by atoms with Gasteiger partial charge in [-0.3, -0.25) is 9.59 Å². The minimum absolute atomic E-state index is 0.145. The normalized spacial score (nSPS) is 18.2. The summed E-state index contributed by atoms with van der Waals surface area (Å²) < 4.78 is 1.58. The average Bonchev–Trinajstić information content (AvgIpc) is 3.09. The van der Waals surface area contributed by atoms with Crippen LogP contribution in [0.1, 0.15) is 23.2 Å². The van der Waals surface area contributed by atoms with Gasteiger partial charge in [0.25, 0.3) is 5.91 Å². The summed E-state index contributed by atoms with van der Waals surface area (Å²) in [5.41, 5.74) is 1.27. The summed E-state index contributed by atoms with van der Waals surface area (Å²) in [7, 11) is 0. The van der Waals surface area contributed by atoms with E-state index in [1.54, 1.807) is 34.1 Å². The van der Waals surface area contributed by atoms with Gasteiger partial charge in [-0.25, -0.2) is 9.67 Å². The van der Waals surface area contributed by atoms with Gasteiger partial charge in [0.05, 0.1) is 11.6 Å². The number of carboxylic acids is 1. The zero-order valence-electron chi connectivity index (χ0n) is 11.9. The zero-order chi connectivity index (χ0) is 15.5. The highest BCUT2D eigenvalue weighted by Gasteiger charge is 2.28. The van der Waals surface area contributed by atoms with Gasteiger partial charge in [0.15, 0.2) is 0 Å². The Bertz CT molecular complexity index is 684. The van der Waals surface area contributed by atoms with Gasteiger partial charge in [-0.2, -0.15) is 5.10 Å². The second-order valence-electron chi connectivity index (χ2n) is 5.32. The quantitative estimate of drug-likeness (QED) is 0.920. The van der Waals surface area contributed by atoms with Crippen LogP contribution in [0.2, 0.25) is 0 Å². The van der Waals surface area contributed by atoms with E-state index in [1.807, 2.05) is 6.07 Å². The number of hydrogen-bond donors (Lipinski definition) is 1. The van der Waals surface area contributed by atoms with E-state index >= 15 is 0 Å². The Hall–Kier alpha value is -2.70. The number of benzene rings is 1. The molecule has 1 fully saturated rings. The van der Waals surface area contributed by atoms with Gasteiger partial charge in [0.1, 0.15) is 12.7 Å². The standard InChI is InChI=1S/C15H16N4O3/c20-14(18-6-2-4-12(8-18)15(21)22)11-3-1-5-13(7-11)19-10-16-9-17-19/h1,3,5,7,9-10,12H,2,4,6,8H2,(H,21,22)/t12-/m0/s1. The van der Waals surface area contributed by atoms with Crippen molar-refractivity contribution in [2.45, 2.75) is 12.8 Å². The monoisotopic (exact) mass is 300 g/mol. The highest BCUT2D eigenvalue weighted by molar-refractivity contribution is 5.95. The lowest BCUT2D eigenvalue weighted by molar-refractivity contribution is -0.143. The van der Waals surface area contributed by atoms with Crippen LogP contribution < -0.4 is 0 Å². The molecule has 1 atom stereocenters. The molecule has 1 amide bonds. The summed E-state index contributed by atoms with van der Waals surface area (Å²) in [6, 6.07) is 7.08. The fraction of sp³-hybridized carbons (Fsp3) is 0.333. The van der Waals surface area contributed by atoms with E-state index in [0.717, 1.165) is 5.69 Å². The molecule has 7 heteroatoms. The van der Waals surface area contributed by atoms with E-state index in [2.05, 4.69) is 10.1 Å². The number of carboxylic acid groups (broad SMARTS) is 1. The molecule has 0 unspecified atom stereocenters. The van der Waals surface area contributed by atoms with Crippen molar-refractivity contribution < 1.29 is 14.7 Å². The molecule has 3 rings (SSSR count). The maximum atomic E-state index is 12.6. The largest absolute Gasteiger partial charge is 0.481 e. The van der Waals surface area contributed by atoms with Crippen molar-refractivity contribution in [2.75, 3.05) is 13.1 Å². The number of aromatic nitrogens is 3. The molecule has 1 aliphatic heterocycles. The molecule has 1 aromatic carbocycles. The molecular weight excluding hydrogens is 284 g/mol. The van der Waals surface area contributed by atoms with E-state index < -0.39 is 11.9 Å². The molecule has 0 spiro atoms. The lowest BCUT2D eigenvalue weighted by atomic mass is 9.97. The number of hydrogen-bond acceptors (Lipinski definition) is 4. The Labute approximate surface area is 127 Å². The number of nitrogens with zero attached hydrogens (tertiary/aromatic N) is 4. The summed E-state index contributed by atoms with van der Waals surface area (Å²) in [6.45, 7) is 0.859. The van der Waals surface area contributed by atoms with E-state index in [4.69, 9.17) is 5.11 Å². The van der Waals surface area contributed by atoms with Gasteiger partial charge < -0.3 is 10.0 Å². The molecule has 1 aliphatic rings. The Morgan fingerprint density at radius 3 is 2.91 bits per heavy atom. The second-order valence-corrected chi connectivity index (χ2v) is 5.32. The zero-order valence-corrected chi connectivity index (χ0v) is 11.9. The lowest BCUT2D eigenvalue weighted by Crippen LogP contribution is -2.42. The van der Waals surface area contributed by atoms with Crippen LogP contribution in [0.25, 0.3) is 5.69 Å². The second kappa shape index (κ2) is 5.97. The van der Waals surface area contributed by atoms with Crippen LogP contribution in [-0.2, 0) is 4.79 Å². The number of rotatable bonds is 3. The van der Waals surface area contributed by atoms with E-state index in [-0.39, 0.29) is 12.5 Å². The molecule has 1 aromatic heterocycles. The Morgan fingerprint density at radius 2 is 2.18 bits per heavy atom. The third-order valence-corrected chi connectivity index (χ3v) is 3.83. The molecule has 2 heterocycles. The molecule has 2 aromatic rings. The first-order chi connectivity index (χ1) is 10.6. The number of carbonyl (C=O) groups is 2. The van der Waals surface area contributed by atoms with Crippen LogP contribution in [0.5, 0.6) is 0 Å². The summed E-state index contributed by atoms with van der Waals surface area (Å²) in [4.78, 5) is 29.2. The van der Waals surface area contributed by atoms with Gasteiger partial charge in [-0.15, -0.1) is 0 Å². The topological polar surface area (TPSA) is 88.3 Å². The molecule has 22 heavy (non-hydrogen) atoms. The lowest BCUT2D eigenvalue weighted by Gasteiger charge is -2.30. The third kappa shape index (κ3) is 2.83. The van der Waals surface area contributed by atoms with Gasteiger partial charge in [0.2, 0.25) is 0 Å². The molecule has 1 N–H and O–H groups in total. The Morgan fingerprint density at radius 1 is 1.32 bits per heavy atom. The number of aliphatic carboxylic acids is 1. The first-order valence-electron chi connectivity index (χ1n) is 7.12. The van der Waals surface area contributed by atoms with Crippen LogP contribution in [-0.4, -0.2) is 49.7 Å². The van der Waals surface area contributed by atoms with Crippen molar-refractivity contribution >= 4 is 11.9 Å². The van der Waals surface area contributed by atoms with Gasteiger partial charge in [-0.05, 0) is 31.0 Å². The maximum Gasteiger partial charge on any atom is 0.308 e. The first kappa shape index (κ1) is 14.2. The SMILES string of the molecule is O=C(O)[C@H]1CCCN(C(=O)c2cccc(-n3cncn3)c2)C1. The summed E-state index contributed by atoms with van der Waals surface area (Å²) >= 11 is 0. The van der Waals surface area contributed by atoms with Gasteiger partial charge in [0, 0.05) is 18.7 Å². The molecule has 0 saturated carbocycles. The summed E-state index contributed by atoms with van der Waals surface area (Å²) in [6.07, 6.45) is 4.32. The number of likely N-dealkylation sites (tertiary alicyclic amines) is 1. The first-order valence-corrected chi connectivity index (χ1v) is 7.12. The van der Waals surface area contributed by atoms with Gasteiger partial charge >= 0.3 is 5.97 Å². The fourth-order valence-electron chi connectivity index (χ4n) is 2.67. The number of carbonyl (C=O) groups excluding carboxylic acids is 1. The summed E-state index contributed by atoms with van der Waals surface area (Å²) in [5.74, 6) is -1.46. The minimum Gasteiger partial charge on any atom is -0.481 e. The van der Waals surface area contributed by atoms with Crippen molar-refractivity contribution in [1.29, 1.82) is 0 Å². The van der Waals surface area contributed by atoms with Crippen LogP contribution in [0.4, 0.5) is 0 Å². The number of amides is 1. The van der Waals surface area contributed by atoms with Gasteiger partial charge in [-0.1, -0.05) is 6.07 Å². The molecular formula is C15H16N4O3. The third-order valence-electron chi connectivity index (χ3n) is 3.83. The predicted molar refractivity (Wildman–Crippen MR) is 77.6 cm³/mol. The van der Waals surface area contributed by atoms with E-state index in [9.17, 15) is 9.59 Å². The Kier molecular flexibility index (Phi) is 3.86. The predicted octanol–water partition coefficient (Wildman–Crippen LogP) is 1.20. The molecule has 0 aliphatic carbocycles. The van der Waals surface area contributed by atoms with Crippen LogP contribution in [0.3, 0.4) is 0 Å². The minimum atomic E-state index is -0.839. The molecule has 7 nitrogen and oxygen atoms in total. The van der Waals surface area contributed by atoms with Crippen LogP contribution in [0.15, 0.2) is 36.9 Å². The smallest absolute Gasteiger partial charge is 0.308 e. The number of piperidine rings is 1. The molecule has 0 radical (unpaired) electrons. The maximum absolute atomic E-state index is 12.6. The van der Waals surface area contributed by atoms with Crippen molar-refractivity contribution in [3.8, 4) is 5.69 Å². The van der Waals surface area contributed by atoms with E-state index in [0.29, 0.717) is 24.9 Å². The molecule has 114 valence electrons. The Balaban J connectivity index is 1.80. The average molecular weight is 300 g/mol. The fourth-order valence-corrected chi connectivity index (χ4v) is 2.67. The van der Waals surface area contributed by atoms with Crippen molar-refractivity contribution in [2.24, 2.45) is 5.92 Å².